The lowest BCUT2D eigenvalue weighted by Crippen LogP contribution is -2.30. The Morgan fingerprint density at radius 1 is 1.11 bits per heavy atom. The zero-order valence-corrected chi connectivity index (χ0v) is 20.4. The van der Waals surface area contributed by atoms with Crippen LogP contribution in [-0.4, -0.2) is 53.1 Å². The monoisotopic (exact) mass is 517 g/mol. The average molecular weight is 518 g/mol. The number of hydrogen-bond donors (Lipinski definition) is 1. The zero-order chi connectivity index (χ0) is 24.1. The Hall–Kier alpha value is -3.69. The van der Waals surface area contributed by atoms with Crippen LogP contribution >= 0.6 is 24.0 Å². The lowest BCUT2D eigenvalue weighted by Gasteiger charge is -2.18. The van der Waals surface area contributed by atoms with Crippen molar-refractivity contribution in [2.24, 2.45) is 0 Å². The van der Waals surface area contributed by atoms with Gasteiger partial charge in [-0.2, -0.15) is 0 Å². The van der Waals surface area contributed by atoms with Crippen molar-refractivity contribution in [2.75, 3.05) is 32.6 Å². The first-order valence-corrected chi connectivity index (χ1v) is 10.7. The number of likely N-dealkylation sites (N-methyl/N-ethyl adjacent to an activating group) is 1. The van der Waals surface area contributed by atoms with E-state index in [0.29, 0.717) is 45.4 Å². The van der Waals surface area contributed by atoms with Crippen LogP contribution in [0.15, 0.2) is 61.2 Å². The van der Waals surface area contributed by atoms with Gasteiger partial charge in [0.2, 0.25) is 0 Å². The predicted molar refractivity (Wildman–Crippen MR) is 135 cm³/mol. The summed E-state index contributed by atoms with van der Waals surface area (Å²) in [4.78, 5) is 26.5. The molecule has 35 heavy (non-hydrogen) atoms. The first kappa shape index (κ1) is 25.9. The molecule has 182 valence electrons. The zero-order valence-electron chi connectivity index (χ0n) is 18.9. The van der Waals surface area contributed by atoms with E-state index in [1.54, 1.807) is 54.7 Å². The Morgan fingerprint density at radius 2 is 1.89 bits per heavy atom. The van der Waals surface area contributed by atoms with Gasteiger partial charge < -0.3 is 19.7 Å². The second-order valence-electron chi connectivity index (χ2n) is 7.30. The van der Waals surface area contributed by atoms with Gasteiger partial charge in [0.05, 0.1) is 24.9 Å². The van der Waals surface area contributed by atoms with E-state index >= 15 is 0 Å². The third kappa shape index (κ3) is 6.06. The topological polar surface area (TPSA) is 89.5 Å². The molecule has 0 atom stereocenters. The molecule has 1 amide bonds. The van der Waals surface area contributed by atoms with Crippen LogP contribution in [0.3, 0.4) is 0 Å². The standard InChI is InChI=1S/C24H21ClFN5O3.ClH/c1-31(24(32)15-5-7-27-8-6-15)9-10-34-22-13-20-17(12-21(22)33-2)23(29-14-28-20)30-19-4-3-16(25)11-18(19)26;/h3-8,11-14H,9-10H2,1-2H3,(H,28,29,30);1H. The summed E-state index contributed by atoms with van der Waals surface area (Å²) in [7, 11) is 3.22. The number of rotatable bonds is 8. The van der Waals surface area contributed by atoms with E-state index in [9.17, 15) is 9.18 Å². The minimum Gasteiger partial charge on any atom is -0.493 e. The number of methoxy groups -OCH3 is 1. The maximum absolute atomic E-state index is 14.2. The number of hydrogen-bond acceptors (Lipinski definition) is 7. The molecular weight excluding hydrogens is 496 g/mol. The number of anilines is 2. The number of amides is 1. The molecule has 1 N–H and O–H groups in total. The summed E-state index contributed by atoms with van der Waals surface area (Å²) in [5.41, 5.74) is 1.35. The van der Waals surface area contributed by atoms with E-state index in [1.165, 1.54) is 25.6 Å². The summed E-state index contributed by atoms with van der Waals surface area (Å²) < 4.78 is 25.6. The van der Waals surface area contributed by atoms with Crippen LogP contribution in [0.1, 0.15) is 10.4 Å². The SMILES string of the molecule is COc1cc2c(Nc3ccc(Cl)cc3F)ncnc2cc1OCCN(C)C(=O)c1ccncc1.Cl. The summed E-state index contributed by atoms with van der Waals surface area (Å²) in [5, 5.41) is 3.88. The van der Waals surface area contributed by atoms with Gasteiger partial charge in [0.15, 0.2) is 11.5 Å². The summed E-state index contributed by atoms with van der Waals surface area (Å²) >= 11 is 5.83. The molecule has 2 aromatic carbocycles. The van der Waals surface area contributed by atoms with Crippen molar-refractivity contribution in [3.8, 4) is 11.5 Å². The molecule has 0 spiro atoms. The van der Waals surface area contributed by atoms with Gasteiger partial charge in [-0.3, -0.25) is 9.78 Å². The fourth-order valence-corrected chi connectivity index (χ4v) is 3.42. The van der Waals surface area contributed by atoms with Crippen LogP contribution in [0.4, 0.5) is 15.9 Å². The Morgan fingerprint density at radius 3 is 2.60 bits per heavy atom. The molecule has 0 saturated heterocycles. The van der Waals surface area contributed by atoms with Gasteiger partial charge in [-0.1, -0.05) is 11.6 Å². The number of nitrogens with zero attached hydrogens (tertiary/aromatic N) is 4. The smallest absolute Gasteiger partial charge is 0.253 e. The Balaban J connectivity index is 0.00000342. The quantitative estimate of drug-likeness (QED) is 0.346. The highest BCUT2D eigenvalue weighted by atomic mass is 35.5. The van der Waals surface area contributed by atoms with E-state index in [2.05, 4.69) is 20.3 Å². The minimum absolute atomic E-state index is 0. The van der Waals surface area contributed by atoms with E-state index in [0.717, 1.165) is 0 Å². The Kier molecular flexibility index (Phi) is 8.62. The van der Waals surface area contributed by atoms with Crippen molar-refractivity contribution >= 4 is 52.3 Å². The number of halogens is 3. The highest BCUT2D eigenvalue weighted by Crippen LogP contribution is 2.35. The summed E-state index contributed by atoms with van der Waals surface area (Å²) in [6, 6.07) is 11.1. The lowest BCUT2D eigenvalue weighted by atomic mass is 10.2. The predicted octanol–water partition coefficient (Wildman–Crippen LogP) is 5.14. The van der Waals surface area contributed by atoms with Crippen molar-refractivity contribution in [3.05, 3.63) is 77.6 Å². The molecule has 0 aliphatic rings. The molecule has 0 fully saturated rings. The maximum Gasteiger partial charge on any atom is 0.253 e. The van der Waals surface area contributed by atoms with Crippen molar-refractivity contribution in [1.82, 2.24) is 19.9 Å². The average Bonchev–Trinajstić information content (AvgIpc) is 2.85. The number of nitrogens with one attached hydrogen (secondary N) is 1. The molecule has 0 aliphatic heterocycles. The van der Waals surface area contributed by atoms with Crippen molar-refractivity contribution in [2.45, 2.75) is 0 Å². The Labute approximate surface area is 212 Å². The van der Waals surface area contributed by atoms with E-state index in [-0.39, 0.29) is 30.6 Å². The van der Waals surface area contributed by atoms with Gasteiger partial charge in [-0.15, -0.1) is 12.4 Å². The largest absolute Gasteiger partial charge is 0.493 e. The highest BCUT2D eigenvalue weighted by Gasteiger charge is 2.15. The normalized spacial score (nSPS) is 10.4. The summed E-state index contributed by atoms with van der Waals surface area (Å²) in [6.45, 7) is 0.593. The molecule has 0 saturated carbocycles. The van der Waals surface area contributed by atoms with Crippen molar-refractivity contribution in [3.63, 3.8) is 0 Å². The van der Waals surface area contributed by atoms with Crippen LogP contribution in [0.25, 0.3) is 10.9 Å². The first-order chi connectivity index (χ1) is 16.5. The van der Waals surface area contributed by atoms with Crippen molar-refractivity contribution < 1.29 is 18.7 Å². The van der Waals surface area contributed by atoms with Gasteiger partial charge in [0.25, 0.3) is 5.91 Å². The van der Waals surface area contributed by atoms with Crippen molar-refractivity contribution in [1.29, 1.82) is 0 Å². The van der Waals surface area contributed by atoms with Gasteiger partial charge in [0, 0.05) is 41.5 Å². The molecule has 4 aromatic rings. The van der Waals surface area contributed by atoms with E-state index in [4.69, 9.17) is 21.1 Å². The second kappa shape index (κ2) is 11.6. The molecule has 2 aromatic heterocycles. The number of pyridine rings is 1. The first-order valence-electron chi connectivity index (χ1n) is 10.3. The van der Waals surface area contributed by atoms with Crippen LogP contribution in [0.5, 0.6) is 11.5 Å². The van der Waals surface area contributed by atoms with Crippen LogP contribution in [0, 0.1) is 5.82 Å². The summed E-state index contributed by atoms with van der Waals surface area (Å²) in [5.74, 6) is 0.678. The molecule has 4 rings (SSSR count). The molecule has 11 heteroatoms. The number of ether oxygens (including phenoxy) is 2. The lowest BCUT2D eigenvalue weighted by molar-refractivity contribution is 0.0773. The van der Waals surface area contributed by atoms with Gasteiger partial charge in [-0.05, 0) is 36.4 Å². The van der Waals surface area contributed by atoms with Gasteiger partial charge >= 0.3 is 0 Å². The molecule has 8 nitrogen and oxygen atoms in total. The van der Waals surface area contributed by atoms with E-state index < -0.39 is 5.82 Å². The fraction of sp³-hybridized carbons (Fsp3) is 0.167. The number of aromatic nitrogens is 3. The number of carbonyl (C=O) groups is 1. The Bertz CT molecular complexity index is 1330. The number of benzene rings is 2. The second-order valence-corrected chi connectivity index (χ2v) is 7.74. The molecule has 2 heterocycles. The molecule has 0 aliphatic carbocycles. The van der Waals surface area contributed by atoms with Crippen LogP contribution < -0.4 is 14.8 Å². The highest BCUT2D eigenvalue weighted by molar-refractivity contribution is 6.30. The van der Waals surface area contributed by atoms with Gasteiger partial charge in [0.1, 0.15) is 24.6 Å². The third-order valence-corrected chi connectivity index (χ3v) is 5.30. The number of fused-ring (bicyclic) bond motifs is 1. The molecule has 0 bridgehead atoms. The maximum atomic E-state index is 14.2. The number of carbonyl (C=O) groups excluding carboxylic acids is 1. The van der Waals surface area contributed by atoms with E-state index in [1.807, 2.05) is 0 Å². The summed E-state index contributed by atoms with van der Waals surface area (Å²) in [6.07, 6.45) is 4.52. The van der Waals surface area contributed by atoms with Crippen LogP contribution in [-0.2, 0) is 0 Å². The van der Waals surface area contributed by atoms with Crippen LogP contribution in [0.2, 0.25) is 5.02 Å². The molecule has 0 radical (unpaired) electrons. The molecule has 0 unspecified atom stereocenters. The minimum atomic E-state index is -0.503. The van der Waals surface area contributed by atoms with Gasteiger partial charge in [-0.25, -0.2) is 14.4 Å². The fourth-order valence-electron chi connectivity index (χ4n) is 3.26. The molecular formula is C24H22Cl2FN5O3. The third-order valence-electron chi connectivity index (χ3n) is 5.06.